The Hall–Kier alpha value is -2.97. The second-order valence-electron chi connectivity index (χ2n) is 7.42. The highest BCUT2D eigenvalue weighted by Crippen LogP contribution is 2.34. The third-order valence-electron chi connectivity index (χ3n) is 5.12. The molecule has 1 amide bonds. The molecule has 0 unspecified atom stereocenters. The van der Waals surface area contributed by atoms with Gasteiger partial charge in [0.05, 0.1) is 25.6 Å². The van der Waals surface area contributed by atoms with Gasteiger partial charge in [-0.15, -0.1) is 0 Å². The van der Waals surface area contributed by atoms with Crippen LogP contribution < -0.4 is 19.1 Å². The highest BCUT2D eigenvalue weighted by atomic mass is 35.5. The first-order chi connectivity index (χ1) is 15.8. The SMILES string of the molecule is CC[C@@H](C(=O)NCCOc1cccc2ccccc12)N(c1cc(Cl)ccc1OC)S(C)(=O)=O. The van der Waals surface area contributed by atoms with Crippen molar-refractivity contribution in [2.24, 2.45) is 0 Å². The molecule has 9 heteroatoms. The molecule has 0 radical (unpaired) electrons. The maximum atomic E-state index is 13.0. The molecule has 1 atom stereocenters. The zero-order chi connectivity index (χ0) is 24.0. The number of anilines is 1. The molecule has 0 saturated heterocycles. The smallest absolute Gasteiger partial charge is 0.244 e. The van der Waals surface area contributed by atoms with Crippen molar-refractivity contribution < 1.29 is 22.7 Å². The van der Waals surface area contributed by atoms with Crippen molar-refractivity contribution in [1.29, 1.82) is 0 Å². The Labute approximate surface area is 199 Å². The molecule has 0 spiro atoms. The van der Waals surface area contributed by atoms with Gasteiger partial charge >= 0.3 is 0 Å². The zero-order valence-corrected chi connectivity index (χ0v) is 20.3. The van der Waals surface area contributed by atoms with E-state index in [9.17, 15) is 13.2 Å². The van der Waals surface area contributed by atoms with Crippen molar-refractivity contribution >= 4 is 44.0 Å². The summed E-state index contributed by atoms with van der Waals surface area (Å²) in [5, 5.41) is 5.15. The average Bonchev–Trinajstić information content (AvgIpc) is 2.79. The van der Waals surface area contributed by atoms with Gasteiger partial charge in [0.25, 0.3) is 0 Å². The number of hydrogen-bond acceptors (Lipinski definition) is 5. The summed E-state index contributed by atoms with van der Waals surface area (Å²) >= 11 is 6.10. The third kappa shape index (κ3) is 5.89. The molecule has 0 fully saturated rings. The number of ether oxygens (including phenoxy) is 2. The van der Waals surface area contributed by atoms with Crippen LogP contribution in [-0.4, -0.2) is 46.9 Å². The maximum Gasteiger partial charge on any atom is 0.244 e. The van der Waals surface area contributed by atoms with Crippen molar-refractivity contribution in [1.82, 2.24) is 5.32 Å². The lowest BCUT2D eigenvalue weighted by atomic mass is 10.1. The summed E-state index contributed by atoms with van der Waals surface area (Å²) in [6, 6.07) is 17.3. The number of methoxy groups -OCH3 is 1. The average molecular weight is 491 g/mol. The molecule has 7 nitrogen and oxygen atoms in total. The number of fused-ring (bicyclic) bond motifs is 1. The van der Waals surface area contributed by atoms with Gasteiger partial charge in [-0.25, -0.2) is 8.42 Å². The number of carbonyl (C=O) groups excluding carboxylic acids is 1. The van der Waals surface area contributed by atoms with E-state index in [0.717, 1.165) is 27.1 Å². The fourth-order valence-electron chi connectivity index (χ4n) is 3.65. The van der Waals surface area contributed by atoms with Crippen molar-refractivity contribution in [3.8, 4) is 11.5 Å². The lowest BCUT2D eigenvalue weighted by Gasteiger charge is -2.31. The Balaban J connectivity index is 1.73. The topological polar surface area (TPSA) is 84.9 Å². The molecule has 0 heterocycles. The van der Waals surface area contributed by atoms with E-state index in [2.05, 4.69) is 5.32 Å². The van der Waals surface area contributed by atoms with Gasteiger partial charge in [-0.1, -0.05) is 54.9 Å². The lowest BCUT2D eigenvalue weighted by molar-refractivity contribution is -0.122. The van der Waals surface area contributed by atoms with E-state index in [0.29, 0.717) is 10.8 Å². The second-order valence-corrected chi connectivity index (χ2v) is 9.71. The predicted octanol–water partition coefficient (Wildman–Crippen LogP) is 4.24. The normalized spacial score (nSPS) is 12.2. The van der Waals surface area contributed by atoms with E-state index in [1.807, 2.05) is 42.5 Å². The van der Waals surface area contributed by atoms with Crippen LogP contribution in [0.3, 0.4) is 0 Å². The summed E-state index contributed by atoms with van der Waals surface area (Å²) in [6.07, 6.45) is 1.30. The predicted molar refractivity (Wildman–Crippen MR) is 132 cm³/mol. The molecule has 0 saturated carbocycles. The Bertz CT molecular complexity index is 1230. The summed E-state index contributed by atoms with van der Waals surface area (Å²) in [4.78, 5) is 13.0. The van der Waals surface area contributed by atoms with Crippen LogP contribution in [0, 0.1) is 0 Å². The standard InChI is InChI=1S/C24H27ClN2O5S/c1-4-20(27(33(3,29)30)21-16-18(25)12-13-23(21)31-2)24(28)26-14-15-32-22-11-7-9-17-8-5-6-10-19(17)22/h5-13,16,20H,4,14-15H2,1-3H3,(H,26,28)/t20-/m0/s1. The number of amides is 1. The maximum absolute atomic E-state index is 13.0. The van der Waals surface area contributed by atoms with Gasteiger partial charge in [-0.05, 0) is 36.1 Å². The Kier molecular flexibility index (Phi) is 8.05. The molecule has 0 bridgehead atoms. The van der Waals surface area contributed by atoms with Gasteiger partial charge in [0, 0.05) is 10.4 Å². The van der Waals surface area contributed by atoms with Crippen molar-refractivity contribution in [2.75, 3.05) is 30.8 Å². The van der Waals surface area contributed by atoms with Gasteiger partial charge in [0.2, 0.25) is 15.9 Å². The van der Waals surface area contributed by atoms with Crippen LogP contribution in [0.25, 0.3) is 10.8 Å². The van der Waals surface area contributed by atoms with Gasteiger partial charge in [0.15, 0.2) is 0 Å². The first-order valence-electron chi connectivity index (χ1n) is 10.5. The highest BCUT2D eigenvalue weighted by Gasteiger charge is 2.33. The number of hydrogen-bond donors (Lipinski definition) is 1. The number of nitrogens with zero attached hydrogens (tertiary/aromatic N) is 1. The van der Waals surface area contributed by atoms with E-state index in [4.69, 9.17) is 21.1 Å². The minimum absolute atomic E-state index is 0.210. The third-order valence-corrected chi connectivity index (χ3v) is 6.52. The van der Waals surface area contributed by atoms with Gasteiger partial charge in [0.1, 0.15) is 24.1 Å². The zero-order valence-electron chi connectivity index (χ0n) is 18.7. The molecule has 0 aliphatic rings. The summed E-state index contributed by atoms with van der Waals surface area (Å²) in [6.45, 7) is 2.18. The molecule has 3 aromatic carbocycles. The largest absolute Gasteiger partial charge is 0.495 e. The molecule has 0 aromatic heterocycles. The minimum atomic E-state index is -3.82. The molecule has 33 heavy (non-hydrogen) atoms. The summed E-state index contributed by atoms with van der Waals surface area (Å²) in [5.74, 6) is 0.581. The molecule has 1 N–H and O–H groups in total. The number of halogens is 1. The summed E-state index contributed by atoms with van der Waals surface area (Å²) < 4.78 is 37.6. The fraction of sp³-hybridized carbons (Fsp3) is 0.292. The van der Waals surface area contributed by atoms with E-state index < -0.39 is 22.0 Å². The summed E-state index contributed by atoms with van der Waals surface area (Å²) in [7, 11) is -2.39. The van der Waals surface area contributed by atoms with Gasteiger partial charge in [-0.3, -0.25) is 9.10 Å². The lowest BCUT2D eigenvalue weighted by Crippen LogP contribution is -2.50. The van der Waals surface area contributed by atoms with E-state index in [-0.39, 0.29) is 25.3 Å². The second kappa shape index (κ2) is 10.8. The molecule has 176 valence electrons. The molecular formula is C24H27ClN2O5S. The van der Waals surface area contributed by atoms with E-state index in [1.54, 1.807) is 19.1 Å². The van der Waals surface area contributed by atoms with Crippen LogP contribution in [0.2, 0.25) is 5.02 Å². The van der Waals surface area contributed by atoms with Crippen LogP contribution in [-0.2, 0) is 14.8 Å². The fourth-order valence-corrected chi connectivity index (χ4v) is 5.02. The number of carbonyl (C=O) groups is 1. The first kappa shape index (κ1) is 24.7. The quantitative estimate of drug-likeness (QED) is 0.430. The minimum Gasteiger partial charge on any atom is -0.495 e. The first-order valence-corrected chi connectivity index (χ1v) is 12.7. The Morgan fingerprint density at radius 3 is 2.52 bits per heavy atom. The van der Waals surface area contributed by atoms with Crippen molar-refractivity contribution in [3.05, 3.63) is 65.7 Å². The molecule has 0 aliphatic carbocycles. The number of nitrogens with one attached hydrogen (secondary N) is 1. The Morgan fingerprint density at radius 1 is 1.09 bits per heavy atom. The monoisotopic (exact) mass is 490 g/mol. The molecule has 3 aromatic rings. The van der Waals surface area contributed by atoms with Crippen LogP contribution in [0.5, 0.6) is 11.5 Å². The van der Waals surface area contributed by atoms with Crippen LogP contribution in [0.1, 0.15) is 13.3 Å². The number of sulfonamides is 1. The number of rotatable bonds is 10. The van der Waals surface area contributed by atoms with Crippen LogP contribution >= 0.6 is 11.6 Å². The van der Waals surface area contributed by atoms with E-state index in [1.165, 1.54) is 13.2 Å². The molecule has 3 rings (SSSR count). The summed E-state index contributed by atoms with van der Waals surface area (Å²) in [5.41, 5.74) is 0.210. The van der Waals surface area contributed by atoms with E-state index >= 15 is 0 Å². The number of benzene rings is 3. The van der Waals surface area contributed by atoms with Gasteiger partial charge < -0.3 is 14.8 Å². The Morgan fingerprint density at radius 2 is 1.82 bits per heavy atom. The highest BCUT2D eigenvalue weighted by molar-refractivity contribution is 7.92. The van der Waals surface area contributed by atoms with Crippen molar-refractivity contribution in [3.63, 3.8) is 0 Å². The van der Waals surface area contributed by atoms with Crippen LogP contribution in [0.4, 0.5) is 5.69 Å². The molecular weight excluding hydrogens is 464 g/mol. The molecule has 0 aliphatic heterocycles. The van der Waals surface area contributed by atoms with Crippen LogP contribution in [0.15, 0.2) is 60.7 Å². The van der Waals surface area contributed by atoms with Gasteiger partial charge in [-0.2, -0.15) is 0 Å². The van der Waals surface area contributed by atoms with Crippen molar-refractivity contribution in [2.45, 2.75) is 19.4 Å².